The normalized spacial score (nSPS) is 12.4. The van der Waals surface area contributed by atoms with Crippen molar-refractivity contribution in [2.24, 2.45) is 5.41 Å². The maximum absolute atomic E-state index is 12.2. The van der Waals surface area contributed by atoms with Gasteiger partial charge in [-0.2, -0.15) is 0 Å². The van der Waals surface area contributed by atoms with Gasteiger partial charge in [-0.05, 0) is 32.1 Å². The molecule has 1 amide bonds. The molecule has 0 N–H and O–H groups in total. The molecule has 0 bridgehead atoms. The monoisotopic (exact) mass is 257 g/mol. The van der Waals surface area contributed by atoms with Gasteiger partial charge in [0.1, 0.15) is 5.60 Å². The third-order valence-corrected chi connectivity index (χ3v) is 2.92. The van der Waals surface area contributed by atoms with Crippen LogP contribution in [-0.2, 0) is 4.74 Å². The van der Waals surface area contributed by atoms with Gasteiger partial charge in [-0.25, -0.2) is 4.79 Å². The van der Waals surface area contributed by atoms with E-state index < -0.39 is 0 Å². The highest BCUT2D eigenvalue weighted by Gasteiger charge is 2.27. The Kier molecular flexibility index (Phi) is 6.72. The molecule has 0 radical (unpaired) electrons. The van der Waals surface area contributed by atoms with E-state index in [-0.39, 0.29) is 17.1 Å². The van der Waals surface area contributed by atoms with Crippen molar-refractivity contribution in [1.29, 1.82) is 0 Å². The summed E-state index contributed by atoms with van der Waals surface area (Å²) >= 11 is 0. The summed E-state index contributed by atoms with van der Waals surface area (Å²) < 4.78 is 5.58. The van der Waals surface area contributed by atoms with Gasteiger partial charge < -0.3 is 9.64 Å². The van der Waals surface area contributed by atoms with E-state index in [1.807, 2.05) is 25.7 Å². The SMILES string of the molecule is CCCCN(CC(C)(C)C)C(=O)OC(C)(C)CC. The Morgan fingerprint density at radius 2 is 1.67 bits per heavy atom. The lowest BCUT2D eigenvalue weighted by molar-refractivity contribution is 0.00588. The molecule has 0 aliphatic heterocycles. The molecule has 0 atom stereocenters. The van der Waals surface area contributed by atoms with Gasteiger partial charge in [-0.15, -0.1) is 0 Å². The van der Waals surface area contributed by atoms with E-state index >= 15 is 0 Å². The number of carbonyl (C=O) groups is 1. The van der Waals surface area contributed by atoms with Crippen molar-refractivity contribution in [3.8, 4) is 0 Å². The first kappa shape index (κ1) is 17.3. The second kappa shape index (κ2) is 7.01. The number of nitrogens with zero attached hydrogens (tertiary/aromatic N) is 1. The predicted molar refractivity (Wildman–Crippen MR) is 76.8 cm³/mol. The van der Waals surface area contributed by atoms with Gasteiger partial charge in [0, 0.05) is 13.1 Å². The van der Waals surface area contributed by atoms with Crippen molar-refractivity contribution < 1.29 is 9.53 Å². The Hall–Kier alpha value is -0.730. The highest BCUT2D eigenvalue weighted by Crippen LogP contribution is 2.20. The summed E-state index contributed by atoms with van der Waals surface area (Å²) in [5.74, 6) is 0. The van der Waals surface area contributed by atoms with Crippen LogP contribution in [0.1, 0.15) is 67.7 Å². The molecule has 0 aromatic heterocycles. The van der Waals surface area contributed by atoms with Crippen LogP contribution in [0.25, 0.3) is 0 Å². The zero-order valence-electron chi connectivity index (χ0n) is 13.3. The molecule has 3 nitrogen and oxygen atoms in total. The predicted octanol–water partition coefficient (Wildman–Crippen LogP) is 4.46. The van der Waals surface area contributed by atoms with Crippen LogP contribution in [0.5, 0.6) is 0 Å². The summed E-state index contributed by atoms with van der Waals surface area (Å²) in [5, 5.41) is 0. The van der Waals surface area contributed by atoms with Gasteiger partial charge in [0.2, 0.25) is 0 Å². The number of rotatable bonds is 6. The summed E-state index contributed by atoms with van der Waals surface area (Å²) in [6, 6.07) is 0. The maximum atomic E-state index is 12.2. The molecule has 0 aliphatic rings. The van der Waals surface area contributed by atoms with Crippen molar-refractivity contribution in [3.05, 3.63) is 0 Å². The molecule has 3 heteroatoms. The molecule has 0 fully saturated rings. The molecular formula is C15H31NO2. The number of hydrogen-bond donors (Lipinski definition) is 0. The van der Waals surface area contributed by atoms with Crippen LogP contribution in [0.3, 0.4) is 0 Å². The summed E-state index contributed by atoms with van der Waals surface area (Å²) in [6.07, 6.45) is 2.77. The van der Waals surface area contributed by atoms with Crippen molar-refractivity contribution >= 4 is 6.09 Å². The fourth-order valence-corrected chi connectivity index (χ4v) is 1.53. The van der Waals surface area contributed by atoms with Crippen LogP contribution in [0.15, 0.2) is 0 Å². The van der Waals surface area contributed by atoms with Crippen molar-refractivity contribution in [2.45, 2.75) is 73.3 Å². The fraction of sp³-hybridized carbons (Fsp3) is 0.933. The molecule has 0 aromatic carbocycles. The van der Waals surface area contributed by atoms with Crippen LogP contribution in [-0.4, -0.2) is 29.7 Å². The highest BCUT2D eigenvalue weighted by atomic mass is 16.6. The van der Waals surface area contributed by atoms with Gasteiger partial charge >= 0.3 is 6.09 Å². The fourth-order valence-electron chi connectivity index (χ4n) is 1.53. The first-order valence-electron chi connectivity index (χ1n) is 7.09. The molecule has 108 valence electrons. The Bertz CT molecular complexity index is 254. The van der Waals surface area contributed by atoms with Gasteiger partial charge in [0.25, 0.3) is 0 Å². The lowest BCUT2D eigenvalue weighted by Crippen LogP contribution is -2.42. The average molecular weight is 257 g/mol. The lowest BCUT2D eigenvalue weighted by atomic mass is 9.96. The summed E-state index contributed by atoms with van der Waals surface area (Å²) in [7, 11) is 0. The standard InChI is InChI=1S/C15H31NO2/c1-8-10-11-16(12-14(3,4)5)13(17)18-15(6,7)9-2/h8-12H2,1-7H3. The van der Waals surface area contributed by atoms with E-state index in [0.29, 0.717) is 0 Å². The Morgan fingerprint density at radius 1 is 1.11 bits per heavy atom. The van der Waals surface area contributed by atoms with E-state index in [2.05, 4.69) is 27.7 Å². The zero-order chi connectivity index (χ0) is 14.4. The number of unbranched alkanes of at least 4 members (excludes halogenated alkanes) is 1. The van der Waals surface area contributed by atoms with Gasteiger partial charge in [-0.3, -0.25) is 0 Å². The molecule has 0 saturated carbocycles. The third-order valence-electron chi connectivity index (χ3n) is 2.92. The van der Waals surface area contributed by atoms with Crippen LogP contribution in [0.4, 0.5) is 4.79 Å². The molecule has 0 unspecified atom stereocenters. The van der Waals surface area contributed by atoms with E-state index in [1.54, 1.807) is 0 Å². The minimum Gasteiger partial charge on any atom is -0.443 e. The first-order valence-corrected chi connectivity index (χ1v) is 7.09. The largest absolute Gasteiger partial charge is 0.443 e. The quantitative estimate of drug-likeness (QED) is 0.703. The van der Waals surface area contributed by atoms with Crippen LogP contribution < -0.4 is 0 Å². The van der Waals surface area contributed by atoms with Gasteiger partial charge in [0.05, 0.1) is 0 Å². The molecule has 0 spiro atoms. The molecule has 0 heterocycles. The molecule has 0 aromatic rings. The van der Waals surface area contributed by atoms with Crippen molar-refractivity contribution in [1.82, 2.24) is 4.90 Å². The summed E-state index contributed by atoms with van der Waals surface area (Å²) in [5.41, 5.74) is -0.275. The van der Waals surface area contributed by atoms with E-state index in [4.69, 9.17) is 4.74 Å². The summed E-state index contributed by atoms with van der Waals surface area (Å²) in [4.78, 5) is 14.1. The highest BCUT2D eigenvalue weighted by molar-refractivity contribution is 5.68. The van der Waals surface area contributed by atoms with Crippen molar-refractivity contribution in [3.63, 3.8) is 0 Å². The van der Waals surface area contributed by atoms with Gasteiger partial charge in [0.15, 0.2) is 0 Å². The van der Waals surface area contributed by atoms with Crippen LogP contribution in [0, 0.1) is 5.41 Å². The number of carbonyl (C=O) groups excluding carboxylic acids is 1. The second-order valence-electron chi connectivity index (χ2n) is 6.82. The van der Waals surface area contributed by atoms with Crippen LogP contribution in [0.2, 0.25) is 0 Å². The number of ether oxygens (including phenoxy) is 1. The molecule has 0 rings (SSSR count). The topological polar surface area (TPSA) is 29.5 Å². The molecule has 18 heavy (non-hydrogen) atoms. The summed E-state index contributed by atoms with van der Waals surface area (Å²) in [6.45, 7) is 16.0. The van der Waals surface area contributed by atoms with Crippen molar-refractivity contribution in [2.75, 3.05) is 13.1 Å². The minimum atomic E-state index is -0.376. The smallest absolute Gasteiger partial charge is 0.410 e. The average Bonchev–Trinajstić information content (AvgIpc) is 2.22. The third kappa shape index (κ3) is 7.57. The van der Waals surface area contributed by atoms with E-state index in [0.717, 1.165) is 32.4 Å². The maximum Gasteiger partial charge on any atom is 0.410 e. The molecule has 0 aliphatic carbocycles. The van der Waals surface area contributed by atoms with E-state index in [9.17, 15) is 4.79 Å². The zero-order valence-corrected chi connectivity index (χ0v) is 13.3. The first-order chi connectivity index (χ1) is 8.11. The number of hydrogen-bond acceptors (Lipinski definition) is 2. The Labute approximate surface area is 113 Å². The number of amides is 1. The Balaban J connectivity index is 4.59. The second-order valence-corrected chi connectivity index (χ2v) is 6.82. The molecule has 0 saturated heterocycles. The lowest BCUT2D eigenvalue weighted by Gasteiger charge is -2.33. The van der Waals surface area contributed by atoms with Gasteiger partial charge in [-0.1, -0.05) is 41.0 Å². The van der Waals surface area contributed by atoms with Crippen LogP contribution >= 0.6 is 0 Å². The minimum absolute atomic E-state index is 0.100. The Morgan fingerprint density at radius 3 is 2.06 bits per heavy atom. The molecular weight excluding hydrogens is 226 g/mol. The van der Waals surface area contributed by atoms with E-state index in [1.165, 1.54) is 0 Å².